The van der Waals surface area contributed by atoms with Crippen LogP contribution in [0.3, 0.4) is 0 Å². The molecule has 0 amide bonds. The van der Waals surface area contributed by atoms with E-state index in [1.807, 2.05) is 0 Å². The quantitative estimate of drug-likeness (QED) is 0.876. The van der Waals surface area contributed by atoms with Gasteiger partial charge in [-0.2, -0.15) is 0 Å². The van der Waals surface area contributed by atoms with E-state index in [0.29, 0.717) is 0 Å². The Bertz CT molecular complexity index is 382. The minimum atomic E-state index is -0.286. The lowest BCUT2D eigenvalue weighted by molar-refractivity contribution is 0.0506. The fourth-order valence-electron chi connectivity index (χ4n) is 2.43. The number of aromatic nitrogens is 1. The molecule has 2 N–H and O–H groups in total. The molecular formula is C12H18N2O2S. The van der Waals surface area contributed by atoms with Crippen LogP contribution in [0.1, 0.15) is 42.5 Å². The first-order valence-corrected chi connectivity index (χ1v) is 7.10. The molecule has 0 bridgehead atoms. The topological polar surface area (TPSA) is 57.4 Å². The van der Waals surface area contributed by atoms with E-state index in [2.05, 4.69) is 5.38 Å². The lowest BCUT2D eigenvalue weighted by Crippen LogP contribution is -2.42. The number of ether oxygens (including phenoxy) is 2. The van der Waals surface area contributed by atoms with Gasteiger partial charge in [-0.15, -0.1) is 11.3 Å². The van der Waals surface area contributed by atoms with Crippen LogP contribution in [0.4, 0.5) is 0 Å². The molecule has 4 nitrogen and oxygen atoms in total. The van der Waals surface area contributed by atoms with E-state index in [-0.39, 0.29) is 11.6 Å². The molecule has 17 heavy (non-hydrogen) atoms. The molecule has 0 aliphatic carbocycles. The van der Waals surface area contributed by atoms with Gasteiger partial charge in [-0.1, -0.05) is 0 Å². The van der Waals surface area contributed by atoms with E-state index < -0.39 is 0 Å². The Kier molecular flexibility index (Phi) is 3.17. The lowest BCUT2D eigenvalue weighted by atomic mass is 9.88. The molecule has 94 valence electrons. The van der Waals surface area contributed by atoms with Gasteiger partial charge in [-0.05, 0) is 25.7 Å². The summed E-state index contributed by atoms with van der Waals surface area (Å²) < 4.78 is 11.0. The van der Waals surface area contributed by atoms with Crippen molar-refractivity contribution in [2.45, 2.75) is 37.3 Å². The number of hydrogen-bond donors (Lipinski definition) is 1. The minimum Gasteiger partial charge on any atom is -0.381 e. The fourth-order valence-corrected chi connectivity index (χ4v) is 3.44. The number of nitrogens with zero attached hydrogens (tertiary/aromatic N) is 1. The first-order chi connectivity index (χ1) is 8.28. The van der Waals surface area contributed by atoms with Gasteiger partial charge < -0.3 is 15.2 Å². The first kappa shape index (κ1) is 11.6. The van der Waals surface area contributed by atoms with Crippen LogP contribution in [-0.2, 0) is 15.0 Å². The molecule has 3 rings (SSSR count). The Morgan fingerprint density at radius 2 is 2.18 bits per heavy atom. The van der Waals surface area contributed by atoms with Gasteiger partial charge in [0.15, 0.2) is 0 Å². The molecule has 2 aliphatic heterocycles. The van der Waals surface area contributed by atoms with Gasteiger partial charge in [-0.3, -0.25) is 0 Å². The van der Waals surface area contributed by atoms with Crippen LogP contribution in [0.5, 0.6) is 0 Å². The highest BCUT2D eigenvalue weighted by atomic mass is 32.1. The molecule has 2 saturated heterocycles. The Morgan fingerprint density at radius 3 is 2.88 bits per heavy atom. The second-order valence-electron chi connectivity index (χ2n) is 4.84. The summed E-state index contributed by atoms with van der Waals surface area (Å²) in [6, 6.07) is 0. The third kappa shape index (κ3) is 2.25. The van der Waals surface area contributed by atoms with Gasteiger partial charge in [0, 0.05) is 25.2 Å². The summed E-state index contributed by atoms with van der Waals surface area (Å²) in [4.78, 5) is 4.70. The third-order valence-corrected chi connectivity index (χ3v) is 4.56. The van der Waals surface area contributed by atoms with Gasteiger partial charge in [-0.25, -0.2) is 4.98 Å². The maximum atomic E-state index is 6.42. The largest absolute Gasteiger partial charge is 0.381 e. The molecule has 2 fully saturated rings. The summed E-state index contributed by atoms with van der Waals surface area (Å²) in [6.07, 6.45) is 4.16. The average Bonchev–Trinajstić information content (AvgIpc) is 3.01. The van der Waals surface area contributed by atoms with Crippen LogP contribution in [0.15, 0.2) is 5.38 Å². The van der Waals surface area contributed by atoms with E-state index in [4.69, 9.17) is 20.2 Å². The van der Waals surface area contributed by atoms with E-state index in [0.717, 1.165) is 56.2 Å². The van der Waals surface area contributed by atoms with Crippen molar-refractivity contribution in [1.82, 2.24) is 4.98 Å². The van der Waals surface area contributed by atoms with E-state index >= 15 is 0 Å². The standard InChI is InChI=1S/C12H18N2O2S/c13-12(3-6-15-7-4-12)10-8-17-11(14-10)9-2-1-5-16-9/h8-9H,1-7,13H2. The van der Waals surface area contributed by atoms with Crippen LogP contribution in [0, 0.1) is 0 Å². The number of nitrogens with two attached hydrogens (primary N) is 1. The second-order valence-corrected chi connectivity index (χ2v) is 5.73. The Hall–Kier alpha value is -0.490. The Morgan fingerprint density at radius 1 is 1.35 bits per heavy atom. The first-order valence-electron chi connectivity index (χ1n) is 6.22. The normalized spacial score (nSPS) is 28.4. The van der Waals surface area contributed by atoms with Crippen molar-refractivity contribution in [3.63, 3.8) is 0 Å². The van der Waals surface area contributed by atoms with Crippen molar-refractivity contribution in [2.24, 2.45) is 5.73 Å². The molecule has 3 heterocycles. The maximum Gasteiger partial charge on any atom is 0.122 e. The van der Waals surface area contributed by atoms with Crippen molar-refractivity contribution in [2.75, 3.05) is 19.8 Å². The van der Waals surface area contributed by atoms with E-state index in [1.54, 1.807) is 11.3 Å². The average molecular weight is 254 g/mol. The molecule has 1 aromatic rings. The summed E-state index contributed by atoms with van der Waals surface area (Å²) >= 11 is 1.68. The molecule has 0 aromatic carbocycles. The number of thiazole rings is 1. The maximum absolute atomic E-state index is 6.42. The molecule has 1 atom stereocenters. The second kappa shape index (κ2) is 4.65. The van der Waals surface area contributed by atoms with Gasteiger partial charge in [0.2, 0.25) is 0 Å². The predicted molar refractivity (Wildman–Crippen MR) is 66.0 cm³/mol. The van der Waals surface area contributed by atoms with Gasteiger partial charge in [0.1, 0.15) is 11.1 Å². The monoisotopic (exact) mass is 254 g/mol. The molecular weight excluding hydrogens is 236 g/mol. The van der Waals surface area contributed by atoms with Crippen LogP contribution >= 0.6 is 11.3 Å². The van der Waals surface area contributed by atoms with E-state index in [9.17, 15) is 0 Å². The molecule has 0 spiro atoms. The smallest absolute Gasteiger partial charge is 0.122 e. The minimum absolute atomic E-state index is 0.206. The van der Waals surface area contributed by atoms with Crippen molar-refractivity contribution in [3.8, 4) is 0 Å². The molecule has 1 aromatic heterocycles. The van der Waals surface area contributed by atoms with Crippen LogP contribution in [-0.4, -0.2) is 24.8 Å². The highest BCUT2D eigenvalue weighted by Gasteiger charge is 2.33. The summed E-state index contributed by atoms with van der Waals surface area (Å²) in [5.74, 6) is 0. The zero-order chi connectivity index (χ0) is 11.7. The highest BCUT2D eigenvalue weighted by Crippen LogP contribution is 2.35. The summed E-state index contributed by atoms with van der Waals surface area (Å²) in [7, 11) is 0. The molecule has 2 aliphatic rings. The summed E-state index contributed by atoms with van der Waals surface area (Å²) in [5.41, 5.74) is 7.15. The van der Waals surface area contributed by atoms with E-state index in [1.165, 1.54) is 0 Å². The fraction of sp³-hybridized carbons (Fsp3) is 0.750. The molecule has 5 heteroatoms. The zero-order valence-corrected chi connectivity index (χ0v) is 10.7. The third-order valence-electron chi connectivity index (χ3n) is 3.62. The Labute approximate surface area is 105 Å². The number of hydrogen-bond acceptors (Lipinski definition) is 5. The van der Waals surface area contributed by atoms with Crippen LogP contribution in [0.25, 0.3) is 0 Å². The van der Waals surface area contributed by atoms with Crippen molar-refractivity contribution in [1.29, 1.82) is 0 Å². The number of rotatable bonds is 2. The van der Waals surface area contributed by atoms with Crippen molar-refractivity contribution in [3.05, 3.63) is 16.1 Å². The van der Waals surface area contributed by atoms with Gasteiger partial charge in [0.25, 0.3) is 0 Å². The van der Waals surface area contributed by atoms with Gasteiger partial charge >= 0.3 is 0 Å². The van der Waals surface area contributed by atoms with Crippen molar-refractivity contribution >= 4 is 11.3 Å². The van der Waals surface area contributed by atoms with Crippen molar-refractivity contribution < 1.29 is 9.47 Å². The Balaban J connectivity index is 1.78. The summed E-state index contributed by atoms with van der Waals surface area (Å²) in [6.45, 7) is 2.34. The molecule has 1 unspecified atom stereocenters. The van der Waals surface area contributed by atoms with Crippen LogP contribution < -0.4 is 5.73 Å². The highest BCUT2D eigenvalue weighted by molar-refractivity contribution is 7.09. The zero-order valence-electron chi connectivity index (χ0n) is 9.85. The van der Waals surface area contributed by atoms with Crippen LogP contribution in [0.2, 0.25) is 0 Å². The van der Waals surface area contributed by atoms with Gasteiger partial charge in [0.05, 0.1) is 11.2 Å². The molecule has 0 saturated carbocycles. The molecule has 0 radical (unpaired) electrons. The predicted octanol–water partition coefficient (Wildman–Crippen LogP) is 1.96. The SMILES string of the molecule is NC1(c2csc(C3CCCO3)n2)CCOCC1. The lowest BCUT2D eigenvalue weighted by Gasteiger charge is -2.31. The summed E-state index contributed by atoms with van der Waals surface area (Å²) in [5, 5.41) is 3.19.